The number of rotatable bonds is 5. The van der Waals surface area contributed by atoms with Gasteiger partial charge in [0.05, 0.1) is 37.9 Å². The van der Waals surface area contributed by atoms with Gasteiger partial charge in [-0.2, -0.15) is 15.2 Å². The smallest absolute Gasteiger partial charge is 0.318 e. The predicted octanol–water partition coefficient (Wildman–Crippen LogP) is 3.63. The molecule has 0 N–H and O–H groups in total. The van der Waals surface area contributed by atoms with E-state index >= 15 is 0 Å². The first kappa shape index (κ1) is 23.6. The Balaban J connectivity index is 1.48. The Morgan fingerprint density at radius 1 is 1.19 bits per heavy atom. The molecule has 2 aliphatic heterocycles. The van der Waals surface area contributed by atoms with Crippen molar-refractivity contribution in [3.63, 3.8) is 0 Å². The number of ether oxygens (including phenoxy) is 1. The Kier molecular flexibility index (Phi) is 6.47. The van der Waals surface area contributed by atoms with E-state index in [4.69, 9.17) is 14.7 Å². The number of piperazine rings is 1. The van der Waals surface area contributed by atoms with E-state index in [9.17, 15) is 10.1 Å². The summed E-state index contributed by atoms with van der Waals surface area (Å²) < 4.78 is 5.50. The van der Waals surface area contributed by atoms with Crippen molar-refractivity contribution in [1.82, 2.24) is 14.9 Å². The second-order valence-electron chi connectivity index (χ2n) is 9.28. The van der Waals surface area contributed by atoms with Gasteiger partial charge >= 0.3 is 6.01 Å². The maximum absolute atomic E-state index is 12.3. The standard InChI is InChI=1S/C28H30N6O2/c1-4-25(35)34-16-15-33(17-21(34)11-13-29)27-22-12-14-32(18-23(22)30-28(31-27)36-3)24-10-6-9-20-8-5-7-19(2)26(20)24/h4-10,21H,1,11-12,14-18H2,2-3H3/t21-/m0/s1. The molecule has 3 aromatic rings. The number of carbonyl (C=O) groups is 1. The zero-order chi connectivity index (χ0) is 25.2. The first-order chi connectivity index (χ1) is 17.5. The molecule has 184 valence electrons. The largest absolute Gasteiger partial charge is 0.467 e. The molecule has 2 aromatic carbocycles. The first-order valence-corrected chi connectivity index (χ1v) is 12.3. The summed E-state index contributed by atoms with van der Waals surface area (Å²) in [6, 6.07) is 15.2. The Labute approximate surface area is 211 Å². The van der Waals surface area contributed by atoms with Gasteiger partial charge in [-0.25, -0.2) is 0 Å². The van der Waals surface area contributed by atoms with Gasteiger partial charge in [0.1, 0.15) is 5.82 Å². The molecule has 0 unspecified atom stereocenters. The molecular weight excluding hydrogens is 452 g/mol. The second-order valence-corrected chi connectivity index (χ2v) is 9.28. The van der Waals surface area contributed by atoms with Gasteiger partial charge in [-0.3, -0.25) is 4.79 Å². The quantitative estimate of drug-likeness (QED) is 0.514. The lowest BCUT2D eigenvalue weighted by Crippen LogP contribution is -2.55. The van der Waals surface area contributed by atoms with Crippen molar-refractivity contribution in [2.75, 3.05) is 43.1 Å². The summed E-state index contributed by atoms with van der Waals surface area (Å²) in [4.78, 5) is 28.1. The van der Waals surface area contributed by atoms with Crippen LogP contribution in [0.1, 0.15) is 23.2 Å². The monoisotopic (exact) mass is 482 g/mol. The van der Waals surface area contributed by atoms with E-state index in [1.165, 1.54) is 28.1 Å². The number of aryl methyl sites for hydroxylation is 1. The lowest BCUT2D eigenvalue weighted by atomic mass is 9.99. The van der Waals surface area contributed by atoms with Crippen LogP contribution >= 0.6 is 0 Å². The molecule has 1 fully saturated rings. The number of nitriles is 1. The van der Waals surface area contributed by atoms with Crippen LogP contribution in [0, 0.1) is 18.3 Å². The zero-order valence-electron chi connectivity index (χ0n) is 20.8. The molecule has 1 aromatic heterocycles. The van der Waals surface area contributed by atoms with Gasteiger partial charge in [-0.15, -0.1) is 0 Å². The van der Waals surface area contributed by atoms with Crippen LogP contribution in [0.25, 0.3) is 10.8 Å². The van der Waals surface area contributed by atoms with Crippen molar-refractivity contribution < 1.29 is 9.53 Å². The van der Waals surface area contributed by atoms with Crippen LogP contribution in [0.3, 0.4) is 0 Å². The van der Waals surface area contributed by atoms with Crippen LogP contribution in [-0.4, -0.2) is 60.1 Å². The van der Waals surface area contributed by atoms with Gasteiger partial charge in [0.15, 0.2) is 0 Å². The molecule has 8 heteroatoms. The fraction of sp³-hybridized carbons (Fsp3) is 0.357. The molecule has 1 saturated heterocycles. The molecule has 0 saturated carbocycles. The lowest BCUT2D eigenvalue weighted by molar-refractivity contribution is -0.128. The Hall–Kier alpha value is -4.12. The molecule has 1 amide bonds. The number of aromatic nitrogens is 2. The Morgan fingerprint density at radius 3 is 2.75 bits per heavy atom. The molecular formula is C28H30N6O2. The maximum Gasteiger partial charge on any atom is 0.318 e. The minimum Gasteiger partial charge on any atom is -0.467 e. The third-order valence-electron chi connectivity index (χ3n) is 7.20. The fourth-order valence-electron chi connectivity index (χ4n) is 5.45. The molecule has 2 aliphatic rings. The van der Waals surface area contributed by atoms with Crippen LogP contribution in [0.4, 0.5) is 11.5 Å². The van der Waals surface area contributed by atoms with Gasteiger partial charge in [0.25, 0.3) is 0 Å². The predicted molar refractivity (Wildman–Crippen MR) is 140 cm³/mol. The highest BCUT2D eigenvalue weighted by atomic mass is 16.5. The molecule has 0 spiro atoms. The number of carbonyl (C=O) groups excluding carboxylic acids is 1. The molecule has 0 radical (unpaired) electrons. The van der Waals surface area contributed by atoms with Crippen LogP contribution in [0.5, 0.6) is 6.01 Å². The van der Waals surface area contributed by atoms with E-state index in [0.717, 1.165) is 30.0 Å². The molecule has 0 aliphatic carbocycles. The topological polar surface area (TPSA) is 85.6 Å². The van der Waals surface area contributed by atoms with Gasteiger partial charge in [-0.05, 0) is 36.4 Å². The summed E-state index contributed by atoms with van der Waals surface area (Å²) in [5.74, 6) is 0.706. The summed E-state index contributed by atoms with van der Waals surface area (Å²) >= 11 is 0. The highest BCUT2D eigenvalue weighted by Gasteiger charge is 2.33. The minimum absolute atomic E-state index is 0.141. The van der Waals surface area contributed by atoms with Gasteiger partial charge in [0, 0.05) is 42.8 Å². The zero-order valence-corrected chi connectivity index (χ0v) is 20.8. The number of nitrogens with zero attached hydrogens (tertiary/aromatic N) is 6. The van der Waals surface area contributed by atoms with Crippen molar-refractivity contribution in [2.24, 2.45) is 0 Å². The van der Waals surface area contributed by atoms with Gasteiger partial charge in [0.2, 0.25) is 5.91 Å². The van der Waals surface area contributed by atoms with E-state index in [-0.39, 0.29) is 18.4 Å². The van der Waals surface area contributed by atoms with E-state index in [1.807, 2.05) is 0 Å². The minimum atomic E-state index is -0.218. The van der Waals surface area contributed by atoms with E-state index in [0.29, 0.717) is 32.2 Å². The number of anilines is 2. The summed E-state index contributed by atoms with van der Waals surface area (Å²) in [5.41, 5.74) is 4.53. The van der Waals surface area contributed by atoms with Crippen molar-refractivity contribution >= 4 is 28.2 Å². The van der Waals surface area contributed by atoms with E-state index in [2.05, 4.69) is 65.8 Å². The molecule has 8 nitrogen and oxygen atoms in total. The van der Waals surface area contributed by atoms with Crippen LogP contribution in [0.2, 0.25) is 0 Å². The van der Waals surface area contributed by atoms with E-state index < -0.39 is 0 Å². The van der Waals surface area contributed by atoms with Crippen molar-refractivity contribution in [3.8, 4) is 12.1 Å². The highest BCUT2D eigenvalue weighted by molar-refractivity contribution is 5.97. The summed E-state index contributed by atoms with van der Waals surface area (Å²) in [5, 5.41) is 11.9. The van der Waals surface area contributed by atoms with E-state index in [1.54, 1.807) is 12.0 Å². The molecule has 0 bridgehead atoms. The van der Waals surface area contributed by atoms with Crippen LogP contribution in [0.15, 0.2) is 49.1 Å². The van der Waals surface area contributed by atoms with Crippen molar-refractivity contribution in [2.45, 2.75) is 32.4 Å². The average molecular weight is 483 g/mol. The molecule has 5 rings (SSSR count). The average Bonchev–Trinajstić information content (AvgIpc) is 2.91. The number of benzene rings is 2. The SMILES string of the molecule is C=CC(=O)N1CCN(c2nc(OC)nc3c2CCN(c2cccc4cccc(C)c24)C3)C[C@@H]1CC#N. The number of methoxy groups -OCH3 is 1. The van der Waals surface area contributed by atoms with Crippen molar-refractivity contribution in [1.29, 1.82) is 5.26 Å². The number of hydrogen-bond donors (Lipinski definition) is 0. The summed E-state index contributed by atoms with van der Waals surface area (Å²) in [6.45, 7) is 8.95. The third kappa shape index (κ3) is 4.22. The van der Waals surface area contributed by atoms with Crippen molar-refractivity contribution in [3.05, 3.63) is 65.9 Å². The lowest BCUT2D eigenvalue weighted by Gasteiger charge is -2.42. The normalized spacial score (nSPS) is 17.5. The van der Waals surface area contributed by atoms with Crippen LogP contribution in [-0.2, 0) is 17.8 Å². The number of amides is 1. The first-order valence-electron chi connectivity index (χ1n) is 12.3. The number of fused-ring (bicyclic) bond motifs is 2. The van der Waals surface area contributed by atoms with Gasteiger partial charge in [-0.1, -0.05) is 36.9 Å². The molecule has 36 heavy (non-hydrogen) atoms. The van der Waals surface area contributed by atoms with Gasteiger partial charge < -0.3 is 19.4 Å². The number of hydrogen-bond acceptors (Lipinski definition) is 7. The Morgan fingerprint density at radius 2 is 2.00 bits per heavy atom. The summed E-state index contributed by atoms with van der Waals surface area (Å²) in [7, 11) is 1.58. The fourth-order valence-corrected chi connectivity index (χ4v) is 5.45. The third-order valence-corrected chi connectivity index (χ3v) is 7.20. The molecule has 3 heterocycles. The highest BCUT2D eigenvalue weighted by Crippen LogP contribution is 2.35. The second kappa shape index (κ2) is 9.86. The maximum atomic E-state index is 12.3. The molecule has 1 atom stereocenters. The summed E-state index contributed by atoms with van der Waals surface area (Å²) in [6.07, 6.45) is 2.37. The van der Waals surface area contributed by atoms with Crippen LogP contribution < -0.4 is 14.5 Å². The Bertz CT molecular complexity index is 1360.